The molecule has 0 aliphatic carbocycles. The molecule has 4 aromatic rings. The number of rotatable bonds is 19. The Morgan fingerprint density at radius 3 is 1.65 bits per heavy atom. The molecule has 62 heavy (non-hydrogen) atoms. The fourth-order valence-electron chi connectivity index (χ4n) is 5.81. The number of ether oxygens (including phenoxy) is 4. The van der Waals surface area contributed by atoms with Crippen molar-refractivity contribution in [2.24, 2.45) is 16.2 Å². The minimum atomic E-state index is -4.58. The van der Waals surface area contributed by atoms with Gasteiger partial charge in [-0.2, -0.15) is 13.2 Å². The predicted molar refractivity (Wildman–Crippen MR) is 250 cm³/mol. The predicted octanol–water partition coefficient (Wildman–Crippen LogP) is 13.5. The van der Waals surface area contributed by atoms with Crippen LogP contribution < -0.4 is 18.9 Å². The third kappa shape index (κ3) is 19.8. The van der Waals surface area contributed by atoms with E-state index in [-0.39, 0.29) is 5.56 Å². The molecule has 0 heterocycles. The number of allylic oxidation sites excluding steroid dienone is 2. The van der Waals surface area contributed by atoms with Crippen molar-refractivity contribution in [1.82, 2.24) is 0 Å². The van der Waals surface area contributed by atoms with Gasteiger partial charge in [0.15, 0.2) is 5.71 Å². The number of hydrogen-bond acceptors (Lipinski definition) is 8. The molecule has 0 amide bonds. The minimum Gasteiger partial charge on any atom is -0.494 e. The summed E-state index contributed by atoms with van der Waals surface area (Å²) >= 11 is 0. The van der Waals surface area contributed by atoms with Crippen LogP contribution in [0.4, 0.5) is 13.2 Å². The van der Waals surface area contributed by atoms with Crippen LogP contribution >= 0.6 is 0 Å². The minimum absolute atomic E-state index is 0.0285. The van der Waals surface area contributed by atoms with Crippen LogP contribution in [0.2, 0.25) is 0 Å². The van der Waals surface area contributed by atoms with Gasteiger partial charge in [0.05, 0.1) is 19.4 Å². The number of alkyl halides is 3. The van der Waals surface area contributed by atoms with Gasteiger partial charge in [-0.3, -0.25) is 0 Å². The average Bonchev–Trinajstić information content (AvgIpc) is 3.25. The lowest BCUT2D eigenvalue weighted by molar-refractivity contribution is -0.0608. The van der Waals surface area contributed by atoms with Crippen molar-refractivity contribution >= 4 is 11.9 Å². The number of benzene rings is 4. The molecule has 0 aromatic heterocycles. The quantitative estimate of drug-likeness (QED) is 0.0531. The van der Waals surface area contributed by atoms with E-state index in [1.165, 1.54) is 19.2 Å². The molecule has 0 aliphatic heterocycles. The van der Waals surface area contributed by atoms with Crippen molar-refractivity contribution in [1.29, 1.82) is 0 Å². The molecule has 1 atom stereocenters. The molecule has 340 valence electrons. The van der Waals surface area contributed by atoms with Crippen LogP contribution in [0.25, 0.3) is 0 Å². The van der Waals surface area contributed by atoms with Crippen LogP contribution in [-0.2, 0) is 16.1 Å². The highest BCUT2D eigenvalue weighted by Crippen LogP contribution is 2.30. The molecule has 0 saturated heterocycles. The van der Waals surface area contributed by atoms with E-state index in [2.05, 4.69) is 40.8 Å². The first-order chi connectivity index (χ1) is 29.8. The third-order valence-corrected chi connectivity index (χ3v) is 8.91. The maximum Gasteiger partial charge on any atom is 0.437 e. The smallest absolute Gasteiger partial charge is 0.437 e. The van der Waals surface area contributed by atoms with Crippen molar-refractivity contribution < 1.29 is 41.8 Å². The van der Waals surface area contributed by atoms with E-state index < -0.39 is 11.9 Å². The summed E-state index contributed by atoms with van der Waals surface area (Å²) in [5, 5.41) is 6.87. The lowest BCUT2D eigenvalue weighted by Gasteiger charge is -2.17. The van der Waals surface area contributed by atoms with E-state index in [1.54, 1.807) is 18.3 Å². The first-order valence-electron chi connectivity index (χ1n) is 21.2. The van der Waals surface area contributed by atoms with Gasteiger partial charge in [-0.25, -0.2) is 0 Å². The molecular formula is C51H69F3N2O6. The number of nitrogens with zero attached hydrogens (tertiary/aromatic N) is 2. The van der Waals surface area contributed by atoms with Crippen LogP contribution in [-0.4, -0.2) is 58.7 Å². The van der Waals surface area contributed by atoms with Gasteiger partial charge in [0.2, 0.25) is 0 Å². The molecule has 8 nitrogen and oxygen atoms in total. The van der Waals surface area contributed by atoms with E-state index in [9.17, 15) is 13.2 Å². The normalized spacial score (nSPS) is 11.8. The second kappa shape index (κ2) is 30.3. The Kier molecular flexibility index (Phi) is 26.6. The van der Waals surface area contributed by atoms with Gasteiger partial charge >= 0.3 is 6.18 Å². The summed E-state index contributed by atoms with van der Waals surface area (Å²) < 4.78 is 62.6. The van der Waals surface area contributed by atoms with Crippen LogP contribution in [0.15, 0.2) is 107 Å². The second-order valence-electron chi connectivity index (χ2n) is 13.7. The third-order valence-electron chi connectivity index (χ3n) is 8.91. The van der Waals surface area contributed by atoms with Crippen molar-refractivity contribution in [2.75, 3.05) is 40.6 Å². The Morgan fingerprint density at radius 2 is 1.18 bits per heavy atom. The Labute approximate surface area is 369 Å². The van der Waals surface area contributed by atoms with Crippen molar-refractivity contribution in [3.63, 3.8) is 0 Å². The fourth-order valence-corrected chi connectivity index (χ4v) is 5.81. The van der Waals surface area contributed by atoms with Gasteiger partial charge in [0, 0.05) is 5.56 Å². The highest BCUT2D eigenvalue weighted by molar-refractivity contribution is 6.04. The van der Waals surface area contributed by atoms with Crippen molar-refractivity contribution in [2.45, 2.75) is 95.2 Å². The number of halogens is 3. The monoisotopic (exact) mass is 863 g/mol. The van der Waals surface area contributed by atoms with Crippen LogP contribution in [0.1, 0.15) is 99.4 Å². The first-order valence-corrected chi connectivity index (χ1v) is 21.2. The van der Waals surface area contributed by atoms with Crippen LogP contribution in [0.3, 0.4) is 0 Å². The summed E-state index contributed by atoms with van der Waals surface area (Å²) in [5.41, 5.74) is 6.28. The summed E-state index contributed by atoms with van der Waals surface area (Å²) in [6.45, 7) is 24.6. The topological polar surface area (TPSA) is 80.1 Å². The largest absolute Gasteiger partial charge is 0.494 e. The highest BCUT2D eigenvalue weighted by atomic mass is 19.4. The summed E-state index contributed by atoms with van der Waals surface area (Å²) in [4.78, 5) is 9.02. The van der Waals surface area contributed by atoms with E-state index in [0.717, 1.165) is 75.5 Å². The average molecular weight is 863 g/mol. The summed E-state index contributed by atoms with van der Waals surface area (Å²) in [6.07, 6.45) is 6.45. The number of hydrogen-bond donors (Lipinski definition) is 0. The van der Waals surface area contributed by atoms with Crippen molar-refractivity contribution in [3.8, 4) is 23.0 Å². The Balaban J connectivity index is 0.000000575. The van der Waals surface area contributed by atoms with E-state index >= 15 is 0 Å². The van der Waals surface area contributed by atoms with Gasteiger partial charge in [0.25, 0.3) is 0 Å². The summed E-state index contributed by atoms with van der Waals surface area (Å²) in [5.74, 6) is 3.84. The standard InChI is InChI=1S/C25H33NO4.C22H24F3NO2.2C2H6/c1-6-7-13-28-24-15-20(3)25(21(4)16-24)30-18-19(2)12-14-29-23-10-8-22(9-11-23)17-26-27-5;1-5-6-11-28-19-12-15(2)20(16(3)13-19)14-17-7-9-18(10-8-17)21(26-27-4)22(23,24)25;2*1-2/h6-11,15-17,19H,12-14,18H2,1-5H3;5-10,12-13H,11,14H2,1-4H3;2*1-2H3/b7-6+,26-17-;6-5+,26-21+;;. The second-order valence-corrected chi connectivity index (χ2v) is 13.7. The molecule has 0 saturated carbocycles. The van der Waals surface area contributed by atoms with Gasteiger partial charge in [-0.05, 0) is 148 Å². The maximum atomic E-state index is 13.1. The summed E-state index contributed by atoms with van der Waals surface area (Å²) in [7, 11) is 2.62. The molecule has 0 fully saturated rings. The molecule has 0 N–H and O–H groups in total. The highest BCUT2D eigenvalue weighted by Gasteiger charge is 2.37. The van der Waals surface area contributed by atoms with E-state index in [0.29, 0.717) is 38.8 Å². The Bertz CT molecular complexity index is 1930. The van der Waals surface area contributed by atoms with E-state index in [1.807, 2.05) is 128 Å². The lowest BCUT2D eigenvalue weighted by atomic mass is 9.95. The molecule has 0 spiro atoms. The zero-order valence-electron chi connectivity index (χ0n) is 39.1. The van der Waals surface area contributed by atoms with Crippen LogP contribution in [0, 0.1) is 33.6 Å². The van der Waals surface area contributed by atoms with E-state index in [4.69, 9.17) is 18.9 Å². The Morgan fingerprint density at radius 1 is 0.661 bits per heavy atom. The van der Waals surface area contributed by atoms with Gasteiger partial charge in [-0.15, -0.1) is 0 Å². The van der Waals surface area contributed by atoms with Gasteiger partial charge < -0.3 is 28.6 Å². The molecule has 0 radical (unpaired) electrons. The summed E-state index contributed by atoms with van der Waals surface area (Å²) in [6, 6.07) is 22.0. The van der Waals surface area contributed by atoms with Gasteiger partial charge in [0.1, 0.15) is 50.4 Å². The number of aryl methyl sites for hydroxylation is 4. The molecule has 0 bridgehead atoms. The zero-order valence-corrected chi connectivity index (χ0v) is 39.1. The molecule has 4 aromatic carbocycles. The SMILES string of the molecule is C/C=C/COc1cc(C)c(Cc2ccc(/C(=N\OC)C(F)(F)F)cc2)c(C)c1.C/C=C/COc1cc(C)c(OCC(C)CCOc2ccc(/C=N\OC)cc2)c(C)c1.CC.CC. The Hall–Kier alpha value is -5.71. The number of oxime groups is 2. The lowest BCUT2D eigenvalue weighted by Crippen LogP contribution is -2.24. The fraction of sp³-hybridized carbons (Fsp3) is 0.412. The molecular weight excluding hydrogens is 794 g/mol. The zero-order chi connectivity index (χ0) is 46.5. The van der Waals surface area contributed by atoms with Crippen molar-refractivity contribution in [3.05, 3.63) is 142 Å². The first kappa shape index (κ1) is 54.3. The molecule has 1 unspecified atom stereocenters. The van der Waals surface area contributed by atoms with Gasteiger partial charge in [-0.1, -0.05) is 93.5 Å². The molecule has 4 rings (SSSR count). The molecule has 11 heteroatoms. The molecule has 0 aliphatic rings. The van der Waals surface area contributed by atoms with Crippen LogP contribution in [0.5, 0.6) is 23.0 Å². The maximum absolute atomic E-state index is 13.1.